The van der Waals surface area contributed by atoms with Gasteiger partial charge < -0.3 is 10.6 Å². The molecule has 0 unspecified atom stereocenters. The van der Waals surface area contributed by atoms with E-state index in [1.54, 1.807) is 18.3 Å². The standard InChI is InChI=1S/C19H18N4O2S/c1-12(14-8-4-3-5-9-14)21-19(25)18-17(22-13(2)24)16(23-26-18)15-10-6-7-11-20-15/h3-12H,1-2H3,(H,21,25)(H,22,24)/t12-/m1/s1. The molecule has 0 bridgehead atoms. The normalized spacial score (nSPS) is 11.6. The van der Waals surface area contributed by atoms with E-state index in [2.05, 4.69) is 20.0 Å². The van der Waals surface area contributed by atoms with Crippen LogP contribution in [0, 0.1) is 0 Å². The van der Waals surface area contributed by atoms with Gasteiger partial charge in [0.15, 0.2) is 0 Å². The predicted molar refractivity (Wildman–Crippen MR) is 102 cm³/mol. The molecule has 132 valence electrons. The molecule has 2 aromatic heterocycles. The van der Waals surface area contributed by atoms with Crippen molar-refractivity contribution < 1.29 is 9.59 Å². The fourth-order valence-corrected chi connectivity index (χ4v) is 3.25. The number of hydrogen-bond donors (Lipinski definition) is 2. The van der Waals surface area contributed by atoms with E-state index in [1.165, 1.54) is 6.92 Å². The summed E-state index contributed by atoms with van der Waals surface area (Å²) in [6.45, 7) is 3.31. The zero-order chi connectivity index (χ0) is 18.5. The number of anilines is 1. The Hall–Kier alpha value is -3.06. The van der Waals surface area contributed by atoms with Crippen molar-refractivity contribution in [3.63, 3.8) is 0 Å². The van der Waals surface area contributed by atoms with Crippen LogP contribution in [0.15, 0.2) is 54.7 Å². The van der Waals surface area contributed by atoms with Gasteiger partial charge in [0.25, 0.3) is 5.91 Å². The molecule has 26 heavy (non-hydrogen) atoms. The van der Waals surface area contributed by atoms with Gasteiger partial charge >= 0.3 is 0 Å². The first kappa shape index (κ1) is 17.8. The fourth-order valence-electron chi connectivity index (χ4n) is 2.50. The van der Waals surface area contributed by atoms with Crippen LogP contribution in [0.5, 0.6) is 0 Å². The second-order valence-corrected chi connectivity index (χ2v) is 6.51. The highest BCUT2D eigenvalue weighted by molar-refractivity contribution is 7.09. The number of carbonyl (C=O) groups is 2. The molecule has 2 N–H and O–H groups in total. The maximum atomic E-state index is 12.8. The molecule has 0 aliphatic heterocycles. The summed E-state index contributed by atoms with van der Waals surface area (Å²) in [5.41, 5.74) is 2.47. The van der Waals surface area contributed by atoms with Crippen molar-refractivity contribution in [2.75, 3.05) is 5.32 Å². The lowest BCUT2D eigenvalue weighted by Crippen LogP contribution is -2.26. The lowest BCUT2D eigenvalue weighted by molar-refractivity contribution is -0.114. The molecule has 3 rings (SSSR count). The van der Waals surface area contributed by atoms with Gasteiger partial charge in [0.1, 0.15) is 10.6 Å². The van der Waals surface area contributed by atoms with Crippen LogP contribution in [-0.2, 0) is 4.79 Å². The maximum Gasteiger partial charge on any atom is 0.265 e. The second kappa shape index (κ2) is 7.88. The molecule has 0 radical (unpaired) electrons. The van der Waals surface area contributed by atoms with Crippen LogP contribution in [0.3, 0.4) is 0 Å². The lowest BCUT2D eigenvalue weighted by atomic mass is 10.1. The van der Waals surface area contributed by atoms with E-state index in [4.69, 9.17) is 0 Å². The van der Waals surface area contributed by atoms with Gasteiger partial charge in [0.05, 0.1) is 17.4 Å². The van der Waals surface area contributed by atoms with Gasteiger partial charge in [-0.25, -0.2) is 0 Å². The number of rotatable bonds is 5. The van der Waals surface area contributed by atoms with Crippen molar-refractivity contribution in [3.05, 3.63) is 65.2 Å². The summed E-state index contributed by atoms with van der Waals surface area (Å²) in [5, 5.41) is 5.67. The van der Waals surface area contributed by atoms with Gasteiger partial charge in [-0.15, -0.1) is 0 Å². The molecule has 0 spiro atoms. The van der Waals surface area contributed by atoms with E-state index in [0.717, 1.165) is 17.1 Å². The Bertz CT molecular complexity index is 910. The van der Waals surface area contributed by atoms with Crippen LogP contribution >= 0.6 is 11.5 Å². The summed E-state index contributed by atoms with van der Waals surface area (Å²) < 4.78 is 4.34. The molecule has 0 fully saturated rings. The summed E-state index contributed by atoms with van der Waals surface area (Å²) in [7, 11) is 0. The van der Waals surface area contributed by atoms with Crippen LogP contribution in [0.1, 0.15) is 35.1 Å². The number of aromatic nitrogens is 2. The molecule has 2 heterocycles. The van der Waals surface area contributed by atoms with Crippen LogP contribution in [-0.4, -0.2) is 21.2 Å². The van der Waals surface area contributed by atoms with E-state index >= 15 is 0 Å². The van der Waals surface area contributed by atoms with Crippen LogP contribution in [0.2, 0.25) is 0 Å². The summed E-state index contributed by atoms with van der Waals surface area (Å²) in [4.78, 5) is 29.0. The van der Waals surface area contributed by atoms with Crippen molar-refractivity contribution in [3.8, 4) is 11.4 Å². The smallest absolute Gasteiger partial charge is 0.265 e. The summed E-state index contributed by atoms with van der Waals surface area (Å²) >= 11 is 1.04. The SMILES string of the molecule is CC(=O)Nc1c(-c2ccccn2)nsc1C(=O)N[C@H](C)c1ccccc1. The summed E-state index contributed by atoms with van der Waals surface area (Å²) in [6.07, 6.45) is 1.64. The van der Waals surface area contributed by atoms with Crippen molar-refractivity contribution in [1.29, 1.82) is 0 Å². The molecule has 6 nitrogen and oxygen atoms in total. The summed E-state index contributed by atoms with van der Waals surface area (Å²) in [5.74, 6) is -0.558. The third-order valence-corrected chi connectivity index (χ3v) is 4.60. The van der Waals surface area contributed by atoms with Gasteiger partial charge in [-0.1, -0.05) is 36.4 Å². The molecule has 0 aliphatic carbocycles. The Balaban J connectivity index is 1.90. The monoisotopic (exact) mass is 366 g/mol. The number of amides is 2. The lowest BCUT2D eigenvalue weighted by Gasteiger charge is -2.14. The van der Waals surface area contributed by atoms with Gasteiger partial charge in [0, 0.05) is 13.1 Å². The Kier molecular flexibility index (Phi) is 5.38. The Morgan fingerprint density at radius 1 is 1.08 bits per heavy atom. The molecule has 0 saturated heterocycles. The summed E-state index contributed by atoms with van der Waals surface area (Å²) in [6, 6.07) is 14.9. The van der Waals surface area contributed by atoms with Gasteiger partial charge in [-0.2, -0.15) is 4.37 Å². The highest BCUT2D eigenvalue weighted by Crippen LogP contribution is 2.32. The van der Waals surface area contributed by atoms with Crippen LogP contribution in [0.4, 0.5) is 5.69 Å². The zero-order valence-electron chi connectivity index (χ0n) is 14.4. The molecule has 1 aromatic carbocycles. The largest absolute Gasteiger partial charge is 0.345 e. The topological polar surface area (TPSA) is 84.0 Å². The highest BCUT2D eigenvalue weighted by Gasteiger charge is 2.23. The minimum Gasteiger partial charge on any atom is -0.345 e. The molecule has 1 atom stereocenters. The first-order valence-electron chi connectivity index (χ1n) is 8.10. The number of pyridine rings is 1. The van der Waals surface area contributed by atoms with E-state index in [0.29, 0.717) is 22.0 Å². The van der Waals surface area contributed by atoms with Crippen molar-refractivity contribution in [2.45, 2.75) is 19.9 Å². The minimum atomic E-state index is -0.287. The van der Waals surface area contributed by atoms with Crippen molar-refractivity contribution >= 4 is 29.0 Å². The van der Waals surface area contributed by atoms with Gasteiger partial charge in [-0.3, -0.25) is 14.6 Å². The van der Waals surface area contributed by atoms with E-state index in [1.807, 2.05) is 43.3 Å². The molecule has 3 aromatic rings. The van der Waals surface area contributed by atoms with Gasteiger partial charge in [-0.05, 0) is 36.2 Å². The number of benzene rings is 1. The van der Waals surface area contributed by atoms with E-state index in [9.17, 15) is 9.59 Å². The van der Waals surface area contributed by atoms with Crippen LogP contribution < -0.4 is 10.6 Å². The van der Waals surface area contributed by atoms with Crippen molar-refractivity contribution in [1.82, 2.24) is 14.7 Å². The molecular weight excluding hydrogens is 348 g/mol. The second-order valence-electron chi connectivity index (χ2n) is 5.74. The number of carbonyl (C=O) groups excluding carboxylic acids is 2. The molecule has 0 saturated carbocycles. The molecular formula is C19H18N4O2S. The maximum absolute atomic E-state index is 12.8. The van der Waals surface area contributed by atoms with Crippen molar-refractivity contribution in [2.24, 2.45) is 0 Å². The molecule has 2 amide bonds. The fraction of sp³-hybridized carbons (Fsp3) is 0.158. The zero-order valence-corrected chi connectivity index (χ0v) is 15.2. The number of hydrogen-bond acceptors (Lipinski definition) is 5. The Labute approximate surface area is 155 Å². The van der Waals surface area contributed by atoms with E-state index in [-0.39, 0.29) is 17.9 Å². The number of nitrogens with one attached hydrogen (secondary N) is 2. The first-order valence-corrected chi connectivity index (χ1v) is 8.88. The average Bonchev–Trinajstić information content (AvgIpc) is 3.06. The number of nitrogens with zero attached hydrogens (tertiary/aromatic N) is 2. The average molecular weight is 366 g/mol. The Morgan fingerprint density at radius 3 is 2.46 bits per heavy atom. The highest BCUT2D eigenvalue weighted by atomic mass is 32.1. The van der Waals surface area contributed by atoms with E-state index < -0.39 is 0 Å². The molecule has 0 aliphatic rings. The minimum absolute atomic E-state index is 0.172. The predicted octanol–water partition coefficient (Wildman–Crippen LogP) is 3.65. The Morgan fingerprint density at radius 2 is 1.81 bits per heavy atom. The first-order chi connectivity index (χ1) is 12.6. The van der Waals surface area contributed by atoms with Gasteiger partial charge in [0.2, 0.25) is 5.91 Å². The third kappa shape index (κ3) is 3.94. The quantitative estimate of drug-likeness (QED) is 0.722. The third-order valence-electron chi connectivity index (χ3n) is 3.75. The van der Waals surface area contributed by atoms with Crippen LogP contribution in [0.25, 0.3) is 11.4 Å². The molecule has 7 heteroatoms.